The Morgan fingerprint density at radius 3 is 2.61 bits per heavy atom. The molecule has 1 aromatic rings. The fraction of sp³-hybridized carbons (Fsp3) is 0.500. The monoisotopic (exact) mass is 251 g/mol. The van der Waals surface area contributed by atoms with Crippen molar-refractivity contribution in [2.75, 3.05) is 26.9 Å². The summed E-state index contributed by atoms with van der Waals surface area (Å²) in [6.45, 7) is 3.19. The Hall–Kier alpha value is -1.55. The molecule has 0 spiro atoms. The minimum atomic E-state index is -0.126. The van der Waals surface area contributed by atoms with E-state index in [0.717, 1.165) is 18.6 Å². The lowest BCUT2D eigenvalue weighted by atomic mass is 10.1. The lowest BCUT2D eigenvalue weighted by Crippen LogP contribution is -2.30. The van der Waals surface area contributed by atoms with Gasteiger partial charge in [0.25, 0.3) is 0 Å². The SMILES string of the molecule is CCCc1ccc(OCCNC(=O)COC)cc1. The van der Waals surface area contributed by atoms with Crippen molar-refractivity contribution in [1.82, 2.24) is 5.32 Å². The molecule has 0 bridgehead atoms. The molecule has 0 fully saturated rings. The lowest BCUT2D eigenvalue weighted by Gasteiger charge is -2.08. The highest BCUT2D eigenvalue weighted by molar-refractivity contribution is 5.77. The van der Waals surface area contributed by atoms with Crippen molar-refractivity contribution in [1.29, 1.82) is 0 Å². The van der Waals surface area contributed by atoms with Crippen LogP contribution in [0.15, 0.2) is 24.3 Å². The van der Waals surface area contributed by atoms with Crippen LogP contribution in [-0.2, 0) is 16.0 Å². The second-order valence-corrected chi connectivity index (χ2v) is 4.03. The van der Waals surface area contributed by atoms with Crippen molar-refractivity contribution in [2.24, 2.45) is 0 Å². The second kappa shape index (κ2) is 8.53. The Morgan fingerprint density at radius 1 is 1.28 bits per heavy atom. The van der Waals surface area contributed by atoms with E-state index in [-0.39, 0.29) is 12.5 Å². The van der Waals surface area contributed by atoms with Crippen LogP contribution in [0.3, 0.4) is 0 Å². The molecule has 0 atom stereocenters. The maximum Gasteiger partial charge on any atom is 0.246 e. The van der Waals surface area contributed by atoms with Gasteiger partial charge in [0.2, 0.25) is 5.91 Å². The van der Waals surface area contributed by atoms with Crippen molar-refractivity contribution in [3.8, 4) is 5.75 Å². The number of hydrogen-bond donors (Lipinski definition) is 1. The van der Waals surface area contributed by atoms with E-state index in [1.165, 1.54) is 12.7 Å². The van der Waals surface area contributed by atoms with Gasteiger partial charge in [-0.2, -0.15) is 0 Å². The average Bonchev–Trinajstić information content (AvgIpc) is 2.37. The molecule has 0 saturated heterocycles. The number of hydrogen-bond acceptors (Lipinski definition) is 3. The van der Waals surface area contributed by atoms with Gasteiger partial charge in [-0.3, -0.25) is 4.79 Å². The normalized spacial score (nSPS) is 10.1. The van der Waals surface area contributed by atoms with Gasteiger partial charge in [0, 0.05) is 7.11 Å². The molecule has 4 heteroatoms. The summed E-state index contributed by atoms with van der Waals surface area (Å²) in [5, 5.41) is 2.70. The highest BCUT2D eigenvalue weighted by atomic mass is 16.5. The van der Waals surface area contributed by atoms with Crippen LogP contribution in [0.1, 0.15) is 18.9 Å². The molecule has 0 unspecified atom stereocenters. The van der Waals surface area contributed by atoms with Gasteiger partial charge in [0.15, 0.2) is 0 Å². The summed E-state index contributed by atoms with van der Waals surface area (Å²) in [5.41, 5.74) is 1.32. The van der Waals surface area contributed by atoms with Crippen molar-refractivity contribution in [3.63, 3.8) is 0 Å². The predicted molar refractivity (Wildman–Crippen MR) is 70.8 cm³/mol. The first-order valence-corrected chi connectivity index (χ1v) is 6.23. The molecule has 1 rings (SSSR count). The van der Waals surface area contributed by atoms with E-state index in [9.17, 15) is 4.79 Å². The Balaban J connectivity index is 2.21. The van der Waals surface area contributed by atoms with Crippen LogP contribution in [0, 0.1) is 0 Å². The number of ether oxygens (including phenoxy) is 2. The van der Waals surface area contributed by atoms with Crippen molar-refractivity contribution in [2.45, 2.75) is 19.8 Å². The first-order chi connectivity index (χ1) is 8.76. The first kappa shape index (κ1) is 14.5. The molecule has 0 aromatic heterocycles. The van der Waals surface area contributed by atoms with Crippen molar-refractivity contribution in [3.05, 3.63) is 29.8 Å². The summed E-state index contributed by atoms with van der Waals surface area (Å²) >= 11 is 0. The maximum absolute atomic E-state index is 11.1. The fourth-order valence-corrected chi connectivity index (χ4v) is 1.58. The van der Waals surface area contributed by atoms with Gasteiger partial charge < -0.3 is 14.8 Å². The van der Waals surface area contributed by atoms with Crippen LogP contribution in [0.5, 0.6) is 5.75 Å². The molecular weight excluding hydrogens is 230 g/mol. The third-order valence-corrected chi connectivity index (χ3v) is 2.43. The van der Waals surface area contributed by atoms with Gasteiger partial charge in [-0.05, 0) is 24.1 Å². The number of aryl methyl sites for hydroxylation is 1. The smallest absolute Gasteiger partial charge is 0.246 e. The summed E-state index contributed by atoms with van der Waals surface area (Å²) in [6.07, 6.45) is 2.24. The molecule has 0 aliphatic rings. The molecule has 4 nitrogen and oxygen atoms in total. The van der Waals surface area contributed by atoms with Crippen molar-refractivity contribution >= 4 is 5.91 Å². The lowest BCUT2D eigenvalue weighted by molar-refractivity contribution is -0.124. The second-order valence-electron chi connectivity index (χ2n) is 4.03. The van der Waals surface area contributed by atoms with Gasteiger partial charge in [0.1, 0.15) is 19.0 Å². The molecule has 18 heavy (non-hydrogen) atoms. The van der Waals surface area contributed by atoms with Crippen LogP contribution in [0.4, 0.5) is 0 Å². The molecule has 0 saturated carbocycles. The molecule has 0 aliphatic carbocycles. The number of benzene rings is 1. The zero-order valence-corrected chi connectivity index (χ0v) is 11.1. The van der Waals surface area contributed by atoms with Crippen LogP contribution in [-0.4, -0.2) is 32.8 Å². The summed E-state index contributed by atoms with van der Waals surface area (Å²) in [6, 6.07) is 8.06. The van der Waals surface area contributed by atoms with E-state index < -0.39 is 0 Å². The molecule has 1 aromatic carbocycles. The van der Waals surface area contributed by atoms with Crippen LogP contribution < -0.4 is 10.1 Å². The Bertz CT molecular complexity index is 349. The number of amides is 1. The third-order valence-electron chi connectivity index (χ3n) is 2.43. The van der Waals surface area contributed by atoms with Gasteiger partial charge >= 0.3 is 0 Å². The Morgan fingerprint density at radius 2 is 2.00 bits per heavy atom. The number of rotatable bonds is 8. The first-order valence-electron chi connectivity index (χ1n) is 6.23. The molecule has 0 heterocycles. The minimum absolute atomic E-state index is 0.0890. The van der Waals surface area contributed by atoms with E-state index in [1.807, 2.05) is 12.1 Å². The number of methoxy groups -OCH3 is 1. The summed E-state index contributed by atoms with van der Waals surface area (Å²) in [7, 11) is 1.49. The van der Waals surface area contributed by atoms with Gasteiger partial charge in [0.05, 0.1) is 6.54 Å². The zero-order chi connectivity index (χ0) is 13.2. The van der Waals surface area contributed by atoms with E-state index in [0.29, 0.717) is 13.2 Å². The van der Waals surface area contributed by atoms with Crippen LogP contribution >= 0.6 is 0 Å². The summed E-state index contributed by atoms with van der Waals surface area (Å²) in [5.74, 6) is 0.704. The molecular formula is C14H21NO3. The fourth-order valence-electron chi connectivity index (χ4n) is 1.58. The standard InChI is InChI=1S/C14H21NO3/c1-3-4-12-5-7-13(8-6-12)18-10-9-15-14(16)11-17-2/h5-8H,3-4,9-11H2,1-2H3,(H,15,16). The summed E-state index contributed by atoms with van der Waals surface area (Å²) in [4.78, 5) is 11.1. The average molecular weight is 251 g/mol. The van der Waals surface area contributed by atoms with E-state index in [4.69, 9.17) is 9.47 Å². The van der Waals surface area contributed by atoms with E-state index in [1.54, 1.807) is 0 Å². The minimum Gasteiger partial charge on any atom is -0.492 e. The van der Waals surface area contributed by atoms with Gasteiger partial charge in [-0.15, -0.1) is 0 Å². The van der Waals surface area contributed by atoms with E-state index in [2.05, 4.69) is 24.4 Å². The summed E-state index contributed by atoms with van der Waals surface area (Å²) < 4.78 is 10.2. The molecule has 1 N–H and O–H groups in total. The highest BCUT2D eigenvalue weighted by Crippen LogP contribution is 2.12. The Kier molecular flexibility index (Phi) is 6.87. The molecule has 0 aliphatic heterocycles. The Labute approximate surface area is 108 Å². The maximum atomic E-state index is 11.1. The molecule has 0 radical (unpaired) electrons. The number of carbonyl (C=O) groups excluding carboxylic acids is 1. The quantitative estimate of drug-likeness (QED) is 0.716. The van der Waals surface area contributed by atoms with Crippen molar-refractivity contribution < 1.29 is 14.3 Å². The van der Waals surface area contributed by atoms with Gasteiger partial charge in [-0.1, -0.05) is 25.5 Å². The largest absolute Gasteiger partial charge is 0.492 e. The van der Waals surface area contributed by atoms with Crippen LogP contribution in [0.2, 0.25) is 0 Å². The number of carbonyl (C=O) groups is 1. The zero-order valence-electron chi connectivity index (χ0n) is 11.1. The number of nitrogens with one attached hydrogen (secondary N) is 1. The molecule has 1 amide bonds. The molecule has 100 valence electrons. The highest BCUT2D eigenvalue weighted by Gasteiger charge is 1.99. The van der Waals surface area contributed by atoms with Crippen LogP contribution in [0.25, 0.3) is 0 Å². The topological polar surface area (TPSA) is 47.6 Å². The third kappa shape index (κ3) is 5.68. The predicted octanol–water partition coefficient (Wildman–Crippen LogP) is 1.78. The van der Waals surface area contributed by atoms with E-state index >= 15 is 0 Å². The van der Waals surface area contributed by atoms with Gasteiger partial charge in [-0.25, -0.2) is 0 Å².